The first-order valence-corrected chi connectivity index (χ1v) is 4.65. The van der Waals surface area contributed by atoms with Gasteiger partial charge >= 0.3 is 5.97 Å². The topological polar surface area (TPSA) is 101 Å². The second-order valence-electron chi connectivity index (χ2n) is 2.81. The number of unbranched alkanes of at least 4 members (excludes halogenated alkanes) is 1. The van der Waals surface area contributed by atoms with Crippen LogP contribution < -0.4 is 5.73 Å². The highest BCUT2D eigenvalue weighted by Gasteiger charge is 2.12. The van der Waals surface area contributed by atoms with Gasteiger partial charge in [-0.1, -0.05) is 11.5 Å². The Bertz CT molecular complexity index is 213. The number of rotatable bonds is 7. The van der Waals surface area contributed by atoms with Crippen molar-refractivity contribution in [1.82, 2.24) is 0 Å². The molecule has 0 rings (SSSR count). The molecular weight excluding hydrogens is 184 g/mol. The predicted molar refractivity (Wildman–Crippen MR) is 52.5 cm³/mol. The third-order valence-corrected chi connectivity index (χ3v) is 1.68. The van der Waals surface area contributed by atoms with Gasteiger partial charge in [0.05, 0.1) is 6.61 Å². The molecule has 0 aromatic carbocycles. The molecule has 0 fully saturated rings. The van der Waals surface area contributed by atoms with E-state index in [1.165, 1.54) is 0 Å². The molecule has 0 aromatic rings. The molecule has 0 bridgehead atoms. The first-order chi connectivity index (χ1) is 6.72. The van der Waals surface area contributed by atoms with Crippen molar-refractivity contribution < 1.29 is 9.53 Å². The number of carbonyl (C=O) groups is 1. The third-order valence-electron chi connectivity index (χ3n) is 1.68. The number of nitrogens with zero attached hydrogens (tertiary/aromatic N) is 3. The molecule has 0 unspecified atom stereocenters. The van der Waals surface area contributed by atoms with Crippen LogP contribution in [0.5, 0.6) is 0 Å². The summed E-state index contributed by atoms with van der Waals surface area (Å²) in [6.07, 6.45) is 2.08. The van der Waals surface area contributed by atoms with E-state index in [0.29, 0.717) is 19.6 Å². The molecule has 14 heavy (non-hydrogen) atoms. The minimum atomic E-state index is -0.555. The molecule has 0 saturated heterocycles. The quantitative estimate of drug-likeness (QED) is 0.220. The van der Waals surface area contributed by atoms with Crippen molar-refractivity contribution in [2.45, 2.75) is 32.2 Å². The Kier molecular flexibility index (Phi) is 7.59. The summed E-state index contributed by atoms with van der Waals surface area (Å²) in [5, 5.41) is 3.37. The molecule has 0 spiro atoms. The SMILES string of the molecule is CCOC(=O)[C@@H](N)CCCCN=[N+]=[N-]. The normalized spacial score (nSPS) is 11.6. The molecule has 0 aliphatic carbocycles. The van der Waals surface area contributed by atoms with Crippen LogP contribution in [0.25, 0.3) is 10.4 Å². The molecule has 1 atom stereocenters. The lowest BCUT2D eigenvalue weighted by Crippen LogP contribution is -2.32. The second-order valence-corrected chi connectivity index (χ2v) is 2.81. The van der Waals surface area contributed by atoms with Crippen LogP contribution in [0.15, 0.2) is 5.11 Å². The maximum Gasteiger partial charge on any atom is 0.322 e. The van der Waals surface area contributed by atoms with E-state index >= 15 is 0 Å². The van der Waals surface area contributed by atoms with Crippen LogP contribution in [0, 0.1) is 0 Å². The van der Waals surface area contributed by atoms with Crippen molar-refractivity contribution in [1.29, 1.82) is 0 Å². The zero-order chi connectivity index (χ0) is 10.8. The molecule has 2 N–H and O–H groups in total. The van der Waals surface area contributed by atoms with E-state index in [1.54, 1.807) is 6.92 Å². The molecule has 6 heteroatoms. The number of carbonyl (C=O) groups excluding carboxylic acids is 1. The fourth-order valence-electron chi connectivity index (χ4n) is 0.959. The Labute approximate surface area is 83.0 Å². The molecule has 0 heterocycles. The van der Waals surface area contributed by atoms with Gasteiger partial charge in [-0.3, -0.25) is 4.79 Å². The van der Waals surface area contributed by atoms with Gasteiger partial charge in [-0.05, 0) is 25.3 Å². The van der Waals surface area contributed by atoms with Crippen molar-refractivity contribution in [2.75, 3.05) is 13.2 Å². The Balaban J connectivity index is 3.47. The van der Waals surface area contributed by atoms with E-state index in [4.69, 9.17) is 16.0 Å². The summed E-state index contributed by atoms with van der Waals surface area (Å²) in [7, 11) is 0. The Hall–Kier alpha value is -1.26. The van der Waals surface area contributed by atoms with Crippen molar-refractivity contribution in [2.24, 2.45) is 10.8 Å². The van der Waals surface area contributed by atoms with E-state index in [1.807, 2.05) is 0 Å². The fourth-order valence-corrected chi connectivity index (χ4v) is 0.959. The zero-order valence-electron chi connectivity index (χ0n) is 8.35. The van der Waals surface area contributed by atoms with Gasteiger partial charge in [-0.25, -0.2) is 0 Å². The summed E-state index contributed by atoms with van der Waals surface area (Å²) < 4.78 is 4.74. The van der Waals surface area contributed by atoms with Crippen molar-refractivity contribution >= 4 is 5.97 Å². The second kappa shape index (κ2) is 8.34. The van der Waals surface area contributed by atoms with Gasteiger partial charge in [-0.15, -0.1) is 0 Å². The smallest absolute Gasteiger partial charge is 0.322 e. The fraction of sp³-hybridized carbons (Fsp3) is 0.875. The molecular formula is C8H16N4O2. The standard InChI is InChI=1S/C8H16N4O2/c1-2-14-8(13)7(9)5-3-4-6-11-12-10/h7H,2-6,9H2,1H3/t7-/m0/s1. The van der Waals surface area contributed by atoms with Crippen molar-refractivity contribution in [3.05, 3.63) is 10.4 Å². The van der Waals surface area contributed by atoms with Gasteiger partial charge in [0.2, 0.25) is 0 Å². The van der Waals surface area contributed by atoms with E-state index in [-0.39, 0.29) is 5.97 Å². The van der Waals surface area contributed by atoms with Crippen LogP contribution in [-0.2, 0) is 9.53 Å². The van der Waals surface area contributed by atoms with Crippen LogP contribution in [0.3, 0.4) is 0 Å². The van der Waals surface area contributed by atoms with Crippen LogP contribution in [-0.4, -0.2) is 25.2 Å². The number of nitrogens with two attached hydrogens (primary N) is 1. The highest BCUT2D eigenvalue weighted by Crippen LogP contribution is 2.01. The summed E-state index contributed by atoms with van der Waals surface area (Å²) in [5.74, 6) is -0.365. The van der Waals surface area contributed by atoms with E-state index in [9.17, 15) is 4.79 Å². The van der Waals surface area contributed by atoms with Gasteiger partial charge in [0.15, 0.2) is 0 Å². The van der Waals surface area contributed by atoms with E-state index in [2.05, 4.69) is 10.0 Å². The largest absolute Gasteiger partial charge is 0.465 e. The number of azide groups is 1. The van der Waals surface area contributed by atoms with Crippen LogP contribution >= 0.6 is 0 Å². The summed E-state index contributed by atoms with van der Waals surface area (Å²) in [4.78, 5) is 13.7. The predicted octanol–water partition coefficient (Wildman–Crippen LogP) is 1.36. The van der Waals surface area contributed by atoms with Gasteiger partial charge in [0.1, 0.15) is 6.04 Å². The molecule has 0 aromatic heterocycles. The summed E-state index contributed by atoms with van der Waals surface area (Å²) in [5.41, 5.74) is 13.5. The Morgan fingerprint density at radius 1 is 1.64 bits per heavy atom. The van der Waals surface area contributed by atoms with Crippen molar-refractivity contribution in [3.8, 4) is 0 Å². The maximum absolute atomic E-state index is 11.0. The minimum Gasteiger partial charge on any atom is -0.465 e. The lowest BCUT2D eigenvalue weighted by Gasteiger charge is -2.09. The van der Waals surface area contributed by atoms with Crippen LogP contribution in [0.4, 0.5) is 0 Å². The number of hydrogen-bond acceptors (Lipinski definition) is 4. The number of ether oxygens (including phenoxy) is 1. The molecule has 0 aliphatic rings. The maximum atomic E-state index is 11.0. The van der Waals surface area contributed by atoms with Gasteiger partial charge in [0, 0.05) is 11.5 Å². The number of esters is 1. The monoisotopic (exact) mass is 200 g/mol. The molecule has 0 radical (unpaired) electrons. The Morgan fingerprint density at radius 3 is 2.93 bits per heavy atom. The van der Waals surface area contributed by atoms with Gasteiger partial charge in [-0.2, -0.15) is 0 Å². The first-order valence-electron chi connectivity index (χ1n) is 4.65. The lowest BCUT2D eigenvalue weighted by molar-refractivity contribution is -0.144. The van der Waals surface area contributed by atoms with Gasteiger partial charge < -0.3 is 10.5 Å². The van der Waals surface area contributed by atoms with Crippen LogP contribution in [0.1, 0.15) is 26.2 Å². The molecule has 6 nitrogen and oxygen atoms in total. The number of hydrogen-bond donors (Lipinski definition) is 1. The molecule has 80 valence electrons. The van der Waals surface area contributed by atoms with Crippen LogP contribution in [0.2, 0.25) is 0 Å². The highest BCUT2D eigenvalue weighted by atomic mass is 16.5. The highest BCUT2D eigenvalue weighted by molar-refractivity contribution is 5.75. The average Bonchev–Trinajstić information content (AvgIpc) is 2.17. The minimum absolute atomic E-state index is 0.352. The average molecular weight is 200 g/mol. The molecule has 0 amide bonds. The molecule has 0 aliphatic heterocycles. The summed E-state index contributed by atoms with van der Waals surface area (Å²) >= 11 is 0. The Morgan fingerprint density at radius 2 is 2.36 bits per heavy atom. The first kappa shape index (κ1) is 12.7. The summed E-state index contributed by atoms with van der Waals surface area (Å²) in [6.45, 7) is 2.55. The van der Waals surface area contributed by atoms with E-state index in [0.717, 1.165) is 12.8 Å². The summed E-state index contributed by atoms with van der Waals surface area (Å²) in [6, 6.07) is -0.555. The third kappa shape index (κ3) is 6.28. The van der Waals surface area contributed by atoms with Gasteiger partial charge in [0.25, 0.3) is 0 Å². The molecule has 0 saturated carbocycles. The lowest BCUT2D eigenvalue weighted by atomic mass is 10.1. The van der Waals surface area contributed by atoms with Crippen molar-refractivity contribution in [3.63, 3.8) is 0 Å². The van der Waals surface area contributed by atoms with E-state index < -0.39 is 6.04 Å². The zero-order valence-corrected chi connectivity index (χ0v) is 8.35.